The maximum absolute atomic E-state index is 3.07. The molecule has 0 atom stereocenters. The molecule has 0 rings (SSSR count). The molecule has 0 aliphatic carbocycles. The van der Waals surface area contributed by atoms with E-state index in [1.807, 2.05) is 0 Å². The van der Waals surface area contributed by atoms with Crippen LogP contribution in [0.5, 0.6) is 0 Å². The monoisotopic (exact) mass is 186 g/mol. The molecule has 3 heteroatoms. The first kappa shape index (κ1) is 11.0. The van der Waals surface area contributed by atoms with E-state index in [0.717, 1.165) is 4.03 Å². The van der Waals surface area contributed by atoms with Crippen LogP contribution in [-0.2, 0) is 0 Å². The molecule has 10 heavy (non-hydrogen) atoms. The van der Waals surface area contributed by atoms with Gasteiger partial charge in [-0.25, -0.2) is 0 Å². The van der Waals surface area contributed by atoms with Crippen LogP contribution in [0.2, 0.25) is 43.3 Å². The molecule has 0 heterocycles. The zero-order valence-corrected chi connectivity index (χ0v) is 11.3. The molecule has 0 aliphatic rings. The molecular weight excluding hydrogens is 167 g/mol. The summed E-state index contributed by atoms with van der Waals surface area (Å²) in [5.41, 5.74) is 0. The van der Waals surface area contributed by atoms with Crippen molar-refractivity contribution in [2.24, 2.45) is 0 Å². The molecule has 0 spiro atoms. The number of hydrogen-bond donors (Lipinski definition) is 0. The first-order valence-corrected chi connectivity index (χ1v) is 11.7. The molecule has 0 aromatic carbocycles. The molecule has 0 fully saturated rings. The van der Waals surface area contributed by atoms with Crippen molar-refractivity contribution in [2.45, 2.75) is 43.3 Å². The van der Waals surface area contributed by atoms with Crippen molar-refractivity contribution >= 4 is 32.4 Å². The Kier molecular flexibility index (Phi) is 3.45. The van der Waals surface area contributed by atoms with Crippen LogP contribution in [0.1, 0.15) is 0 Å². The van der Waals surface area contributed by atoms with Gasteiger partial charge < -0.3 is 0 Å². The molecule has 0 saturated heterocycles. The van der Waals surface area contributed by atoms with Crippen LogP contribution >= 0.6 is 0 Å². The van der Waals surface area contributed by atoms with Crippen LogP contribution in [0.25, 0.3) is 0 Å². The average molecular weight is 186 g/mol. The zero-order chi connectivity index (χ0) is 8.58. The zero-order valence-electron chi connectivity index (χ0n) is 8.15. The van der Waals surface area contributed by atoms with Crippen molar-refractivity contribution in [3.05, 3.63) is 0 Å². The first-order valence-electron chi connectivity index (χ1n) is 3.91. The third kappa shape index (κ3) is 3.38. The first-order chi connectivity index (χ1) is 4.15. The van der Waals surface area contributed by atoms with Crippen LogP contribution in [0.15, 0.2) is 0 Å². The second-order valence-electron chi connectivity index (χ2n) is 5.21. The standard InChI is InChI=1S/C7H19Si2.Al/c1-8(2,3)7-9(4,5)6;/h7H,1-6H3;/q;+1. The van der Waals surface area contributed by atoms with Crippen LogP contribution in [0.4, 0.5) is 0 Å². The number of hydrogen-bond acceptors (Lipinski definition) is 0. The molecule has 57 valence electrons. The molecule has 0 aromatic heterocycles. The molecule has 0 aromatic rings. The molecule has 0 saturated carbocycles. The fourth-order valence-corrected chi connectivity index (χ4v) is 11.7. The summed E-state index contributed by atoms with van der Waals surface area (Å²) < 4.78 is 0.958. The fourth-order valence-electron chi connectivity index (χ4n) is 1.30. The minimum atomic E-state index is -0.871. The van der Waals surface area contributed by atoms with Gasteiger partial charge in [-0.1, -0.05) is 0 Å². The number of rotatable bonds is 2. The van der Waals surface area contributed by atoms with Gasteiger partial charge >= 0.3 is 75.7 Å². The van der Waals surface area contributed by atoms with Gasteiger partial charge in [0.05, 0.1) is 0 Å². The predicted molar refractivity (Wildman–Crippen MR) is 56.2 cm³/mol. The van der Waals surface area contributed by atoms with Crippen molar-refractivity contribution in [3.8, 4) is 0 Å². The Bertz CT molecular complexity index is 95.8. The van der Waals surface area contributed by atoms with Gasteiger partial charge in [0.1, 0.15) is 0 Å². The summed E-state index contributed by atoms with van der Waals surface area (Å²) in [5, 5.41) is 0. The van der Waals surface area contributed by atoms with E-state index < -0.39 is 16.1 Å². The SMILES string of the molecule is C[Si](C)(C)[CH]([Al+])[Si](C)(C)C. The fraction of sp³-hybridized carbons (Fsp3) is 1.00. The summed E-state index contributed by atoms with van der Waals surface area (Å²) in [4.78, 5) is 0. The van der Waals surface area contributed by atoms with Crippen LogP contribution < -0.4 is 0 Å². The van der Waals surface area contributed by atoms with Crippen LogP contribution in [-0.4, -0.2) is 32.4 Å². The minimum absolute atomic E-state index is 0.871. The summed E-state index contributed by atoms with van der Waals surface area (Å²) in [6, 6.07) is 0. The maximum atomic E-state index is 3.07. The average Bonchev–Trinajstić information content (AvgIpc) is 1.59. The molecule has 0 unspecified atom stereocenters. The summed E-state index contributed by atoms with van der Waals surface area (Å²) >= 11 is 3.07. The second kappa shape index (κ2) is 3.14. The Morgan fingerprint density at radius 3 is 1.00 bits per heavy atom. The van der Waals surface area contributed by atoms with Gasteiger partial charge in [-0.15, -0.1) is 0 Å². The topological polar surface area (TPSA) is 0 Å². The molecule has 0 nitrogen and oxygen atoms in total. The van der Waals surface area contributed by atoms with E-state index in [1.54, 1.807) is 0 Å². The molecule has 0 bridgehead atoms. The summed E-state index contributed by atoms with van der Waals surface area (Å²) in [5.74, 6) is 0. The molecule has 0 aliphatic heterocycles. The Morgan fingerprint density at radius 2 is 1.00 bits per heavy atom. The van der Waals surface area contributed by atoms with E-state index in [4.69, 9.17) is 0 Å². The van der Waals surface area contributed by atoms with E-state index in [9.17, 15) is 0 Å². The van der Waals surface area contributed by atoms with E-state index in [-0.39, 0.29) is 0 Å². The van der Waals surface area contributed by atoms with E-state index in [2.05, 4.69) is 55.6 Å². The van der Waals surface area contributed by atoms with E-state index >= 15 is 0 Å². The summed E-state index contributed by atoms with van der Waals surface area (Å²) in [7, 11) is -1.74. The molecular formula is C7H19AlSi2+. The quantitative estimate of drug-likeness (QED) is 0.582. The van der Waals surface area contributed by atoms with E-state index in [1.165, 1.54) is 0 Å². The molecule has 1 radical (unpaired) electrons. The molecule has 0 N–H and O–H groups in total. The predicted octanol–water partition coefficient (Wildman–Crippen LogP) is 2.70. The van der Waals surface area contributed by atoms with Crippen molar-refractivity contribution < 1.29 is 0 Å². The van der Waals surface area contributed by atoms with Crippen molar-refractivity contribution in [1.29, 1.82) is 0 Å². The van der Waals surface area contributed by atoms with Gasteiger partial charge in [-0.3, -0.25) is 0 Å². The van der Waals surface area contributed by atoms with Crippen molar-refractivity contribution in [2.75, 3.05) is 0 Å². The van der Waals surface area contributed by atoms with E-state index in [0.29, 0.717) is 0 Å². The summed E-state index contributed by atoms with van der Waals surface area (Å²) in [6.45, 7) is 14.8. The Labute approximate surface area is 75.9 Å². The third-order valence-electron chi connectivity index (χ3n) is 1.87. The van der Waals surface area contributed by atoms with Gasteiger partial charge in [-0.05, 0) is 0 Å². The Balaban J connectivity index is 4.23. The Hall–Kier alpha value is 0.966. The Morgan fingerprint density at radius 1 is 0.800 bits per heavy atom. The second-order valence-corrected chi connectivity index (χ2v) is 18.5. The van der Waals surface area contributed by atoms with Crippen molar-refractivity contribution in [1.82, 2.24) is 0 Å². The van der Waals surface area contributed by atoms with Gasteiger partial charge in [0.25, 0.3) is 0 Å². The van der Waals surface area contributed by atoms with Gasteiger partial charge in [0.15, 0.2) is 0 Å². The van der Waals surface area contributed by atoms with Crippen LogP contribution in [0.3, 0.4) is 0 Å². The van der Waals surface area contributed by atoms with Gasteiger partial charge in [-0.2, -0.15) is 0 Å². The van der Waals surface area contributed by atoms with Crippen molar-refractivity contribution in [3.63, 3.8) is 0 Å². The van der Waals surface area contributed by atoms with Gasteiger partial charge in [0, 0.05) is 0 Å². The normalized spacial score (nSPS) is 14.2. The third-order valence-corrected chi connectivity index (χ3v) is 16.8. The van der Waals surface area contributed by atoms with Gasteiger partial charge in [0.2, 0.25) is 0 Å². The molecule has 0 amide bonds. The summed E-state index contributed by atoms with van der Waals surface area (Å²) in [6.07, 6.45) is 0. The van der Waals surface area contributed by atoms with Crippen LogP contribution in [0, 0.1) is 0 Å².